The van der Waals surface area contributed by atoms with E-state index in [1.54, 1.807) is 75.6 Å². The van der Waals surface area contributed by atoms with E-state index in [1.807, 2.05) is 19.2 Å². The topological polar surface area (TPSA) is 105 Å². The number of nitrogens with one attached hydrogen (secondary N) is 1. The summed E-state index contributed by atoms with van der Waals surface area (Å²) in [7, 11) is -2.67. The predicted molar refractivity (Wildman–Crippen MR) is 171 cm³/mol. The third-order valence-corrected chi connectivity index (χ3v) is 9.36. The highest BCUT2D eigenvalue weighted by Crippen LogP contribution is 2.33. The molecule has 0 radical (unpaired) electrons. The van der Waals surface area contributed by atoms with Gasteiger partial charge in [0.15, 0.2) is 0 Å². The number of methoxy groups -OCH3 is 1. The molecule has 3 rings (SSSR count). The van der Waals surface area contributed by atoms with E-state index in [9.17, 15) is 18.0 Å². The molecule has 0 saturated heterocycles. The van der Waals surface area contributed by atoms with Crippen LogP contribution in [0.5, 0.6) is 11.5 Å². The molecule has 0 saturated carbocycles. The summed E-state index contributed by atoms with van der Waals surface area (Å²) in [6.45, 7) is 5.78. The molecule has 3 aromatic carbocycles. The van der Waals surface area contributed by atoms with Gasteiger partial charge in [0.1, 0.15) is 24.1 Å². The first-order valence-corrected chi connectivity index (χ1v) is 16.9. The number of anilines is 1. The van der Waals surface area contributed by atoms with Crippen molar-refractivity contribution in [3.05, 3.63) is 78.4 Å². The van der Waals surface area contributed by atoms with Crippen molar-refractivity contribution in [1.82, 2.24) is 10.2 Å². The van der Waals surface area contributed by atoms with Crippen molar-refractivity contribution in [1.29, 1.82) is 0 Å². The lowest BCUT2D eigenvalue weighted by atomic mass is 10.1. The third-order valence-electron chi connectivity index (χ3n) is 6.84. The summed E-state index contributed by atoms with van der Waals surface area (Å²) >= 11 is 1.50. The lowest BCUT2D eigenvalue weighted by Crippen LogP contribution is -2.51. The van der Waals surface area contributed by atoms with Gasteiger partial charge in [0.2, 0.25) is 11.8 Å². The van der Waals surface area contributed by atoms with Crippen LogP contribution < -0.4 is 19.1 Å². The molecule has 0 spiro atoms. The van der Waals surface area contributed by atoms with Crippen LogP contribution in [-0.2, 0) is 26.2 Å². The maximum absolute atomic E-state index is 14.2. The van der Waals surface area contributed by atoms with Crippen LogP contribution in [-0.4, -0.2) is 64.2 Å². The zero-order chi connectivity index (χ0) is 31.4. The first kappa shape index (κ1) is 33.8. The lowest BCUT2D eigenvalue weighted by Gasteiger charge is -2.32. The Labute approximate surface area is 259 Å². The molecule has 1 atom stereocenters. The van der Waals surface area contributed by atoms with Crippen molar-refractivity contribution in [2.24, 2.45) is 0 Å². The molecule has 232 valence electrons. The van der Waals surface area contributed by atoms with Crippen LogP contribution in [0.4, 0.5) is 5.69 Å². The van der Waals surface area contributed by atoms with Gasteiger partial charge in [0.05, 0.1) is 24.3 Å². The second-order valence-electron chi connectivity index (χ2n) is 9.78. The summed E-state index contributed by atoms with van der Waals surface area (Å²) in [5, 5.41) is 2.89. The molecule has 0 aromatic heterocycles. The van der Waals surface area contributed by atoms with Gasteiger partial charge < -0.3 is 19.7 Å². The number of amides is 2. The summed E-state index contributed by atoms with van der Waals surface area (Å²) < 4.78 is 40.5. The van der Waals surface area contributed by atoms with Crippen LogP contribution in [0.25, 0.3) is 0 Å². The van der Waals surface area contributed by atoms with E-state index in [-0.39, 0.29) is 23.0 Å². The highest BCUT2D eigenvalue weighted by Gasteiger charge is 2.33. The summed E-state index contributed by atoms with van der Waals surface area (Å²) in [6.07, 6.45) is 3.62. The quantitative estimate of drug-likeness (QED) is 0.169. The van der Waals surface area contributed by atoms with E-state index in [0.29, 0.717) is 24.7 Å². The second kappa shape index (κ2) is 16.2. The molecule has 9 nitrogen and oxygen atoms in total. The standard InChI is InChI=1S/C32H41N3O6S2/c1-6-8-20-33-32(37)24(3)34(22-25-12-11-13-26(21-25)40-4)31(36)23-35(29-14-9-10-15-30(29)41-7-2)43(38,39)28-18-16-27(42-5)17-19-28/h9-19,21,24H,6-8,20,22-23H2,1-5H3,(H,33,37). The van der Waals surface area contributed by atoms with Crippen LogP contribution in [0.15, 0.2) is 82.6 Å². The molecular formula is C32H41N3O6S2. The molecule has 0 aliphatic carbocycles. The summed E-state index contributed by atoms with van der Waals surface area (Å²) in [5.74, 6) is 0.0679. The van der Waals surface area contributed by atoms with Crippen LogP contribution in [0.2, 0.25) is 0 Å². The molecule has 1 N–H and O–H groups in total. The number of benzene rings is 3. The molecule has 43 heavy (non-hydrogen) atoms. The maximum Gasteiger partial charge on any atom is 0.264 e. The summed E-state index contributed by atoms with van der Waals surface area (Å²) in [6, 6.07) is 19.6. The van der Waals surface area contributed by atoms with Gasteiger partial charge in [-0.2, -0.15) is 0 Å². The maximum atomic E-state index is 14.2. The number of para-hydroxylation sites is 2. The fourth-order valence-electron chi connectivity index (χ4n) is 4.42. The number of ether oxygens (including phenoxy) is 2. The van der Waals surface area contributed by atoms with Crippen molar-refractivity contribution in [3.8, 4) is 11.5 Å². The molecule has 3 aromatic rings. The van der Waals surface area contributed by atoms with Gasteiger partial charge in [-0.15, -0.1) is 11.8 Å². The number of carbonyl (C=O) groups is 2. The molecule has 0 fully saturated rings. The molecule has 0 bridgehead atoms. The average Bonchev–Trinajstić information content (AvgIpc) is 3.02. The van der Waals surface area contributed by atoms with Gasteiger partial charge in [-0.1, -0.05) is 37.6 Å². The molecule has 0 heterocycles. The van der Waals surface area contributed by atoms with Crippen molar-refractivity contribution in [2.45, 2.75) is 56.0 Å². The van der Waals surface area contributed by atoms with Crippen molar-refractivity contribution in [2.75, 3.05) is 37.4 Å². The minimum atomic E-state index is -4.22. The molecule has 0 aliphatic rings. The molecule has 11 heteroatoms. The van der Waals surface area contributed by atoms with Crippen molar-refractivity contribution in [3.63, 3.8) is 0 Å². The molecule has 2 amide bonds. The first-order valence-electron chi connectivity index (χ1n) is 14.2. The van der Waals surface area contributed by atoms with Gasteiger partial charge in [-0.05, 0) is 80.6 Å². The minimum Gasteiger partial charge on any atom is -0.497 e. The lowest BCUT2D eigenvalue weighted by molar-refractivity contribution is -0.139. The zero-order valence-electron chi connectivity index (χ0n) is 25.4. The number of hydrogen-bond acceptors (Lipinski definition) is 7. The van der Waals surface area contributed by atoms with Crippen molar-refractivity contribution >= 4 is 39.3 Å². The zero-order valence-corrected chi connectivity index (χ0v) is 27.0. The fourth-order valence-corrected chi connectivity index (χ4v) is 6.25. The number of sulfonamides is 1. The van der Waals surface area contributed by atoms with Crippen LogP contribution in [0.3, 0.4) is 0 Å². The van der Waals surface area contributed by atoms with E-state index >= 15 is 0 Å². The Balaban J connectivity index is 2.06. The van der Waals surface area contributed by atoms with Crippen LogP contribution in [0.1, 0.15) is 39.2 Å². The molecular weight excluding hydrogens is 587 g/mol. The van der Waals surface area contributed by atoms with Crippen LogP contribution >= 0.6 is 11.8 Å². The predicted octanol–water partition coefficient (Wildman–Crippen LogP) is 5.34. The number of carbonyl (C=O) groups excluding carboxylic acids is 2. The van der Waals surface area contributed by atoms with Gasteiger partial charge in [0.25, 0.3) is 10.0 Å². The highest BCUT2D eigenvalue weighted by atomic mass is 32.2. The largest absolute Gasteiger partial charge is 0.497 e. The van der Waals surface area contributed by atoms with E-state index in [2.05, 4.69) is 5.32 Å². The Morgan fingerprint density at radius 3 is 2.37 bits per heavy atom. The van der Waals surface area contributed by atoms with E-state index in [4.69, 9.17) is 9.47 Å². The average molecular weight is 628 g/mol. The smallest absolute Gasteiger partial charge is 0.264 e. The number of rotatable bonds is 16. The SMILES string of the molecule is CCCCNC(=O)C(C)N(Cc1cccc(OC)c1)C(=O)CN(c1ccccc1OCC)S(=O)(=O)c1ccc(SC)cc1. The minimum absolute atomic E-state index is 0.0362. The van der Waals surface area contributed by atoms with Crippen molar-refractivity contribution < 1.29 is 27.5 Å². The monoisotopic (exact) mass is 627 g/mol. The molecule has 1 unspecified atom stereocenters. The van der Waals surface area contributed by atoms with Gasteiger partial charge in [-0.25, -0.2) is 8.42 Å². The van der Waals surface area contributed by atoms with Gasteiger partial charge in [-0.3, -0.25) is 13.9 Å². The van der Waals surface area contributed by atoms with E-state index in [1.165, 1.54) is 28.8 Å². The Hall–Kier alpha value is -3.70. The van der Waals surface area contributed by atoms with Gasteiger partial charge >= 0.3 is 0 Å². The number of hydrogen-bond donors (Lipinski definition) is 1. The third kappa shape index (κ3) is 8.90. The summed E-state index contributed by atoms with van der Waals surface area (Å²) in [4.78, 5) is 29.7. The van der Waals surface area contributed by atoms with E-state index in [0.717, 1.165) is 27.6 Å². The number of thioether (sulfide) groups is 1. The summed E-state index contributed by atoms with van der Waals surface area (Å²) in [5.41, 5.74) is 0.964. The second-order valence-corrected chi connectivity index (χ2v) is 12.5. The number of unbranched alkanes of at least 4 members (excludes halogenated alkanes) is 1. The number of nitrogens with zero attached hydrogens (tertiary/aromatic N) is 2. The Morgan fingerprint density at radius 2 is 1.72 bits per heavy atom. The molecule has 0 aliphatic heterocycles. The van der Waals surface area contributed by atoms with Crippen LogP contribution in [0, 0.1) is 0 Å². The normalized spacial score (nSPS) is 11.8. The Kier molecular flexibility index (Phi) is 12.8. The fraction of sp³-hybridized carbons (Fsp3) is 0.375. The highest BCUT2D eigenvalue weighted by molar-refractivity contribution is 7.98. The first-order chi connectivity index (χ1) is 20.7. The van der Waals surface area contributed by atoms with Gasteiger partial charge in [0, 0.05) is 18.0 Å². The Morgan fingerprint density at radius 1 is 1.00 bits per heavy atom. The van der Waals surface area contributed by atoms with E-state index < -0.39 is 28.5 Å². The Bertz CT molecular complexity index is 1460.